The zero-order valence-electron chi connectivity index (χ0n) is 9.61. The van der Waals surface area contributed by atoms with Gasteiger partial charge in [0.1, 0.15) is 0 Å². The second kappa shape index (κ2) is 6.58. The van der Waals surface area contributed by atoms with Crippen molar-refractivity contribution in [2.45, 2.75) is 33.4 Å². The van der Waals surface area contributed by atoms with Crippen LogP contribution in [0, 0.1) is 5.92 Å². The Morgan fingerprint density at radius 1 is 1.53 bits per heavy atom. The van der Waals surface area contributed by atoms with Crippen LogP contribution in [0.1, 0.15) is 25.8 Å². The topological polar surface area (TPSA) is 50.1 Å². The molecule has 0 aliphatic rings. The molecule has 0 radical (unpaired) electrons. The summed E-state index contributed by atoms with van der Waals surface area (Å²) in [5.41, 5.74) is 1.17. The fraction of sp³-hybridized carbons (Fsp3) is 0.727. The van der Waals surface area contributed by atoms with Crippen molar-refractivity contribution in [1.82, 2.24) is 15.1 Å². The molecule has 0 aliphatic carbocycles. The smallest absolute Gasteiger partial charge is 0.0640 e. The summed E-state index contributed by atoms with van der Waals surface area (Å²) in [5, 5.41) is 16.2. The van der Waals surface area contributed by atoms with Crippen LogP contribution in [0.3, 0.4) is 0 Å². The van der Waals surface area contributed by atoms with E-state index in [2.05, 4.69) is 24.3 Å². The van der Waals surface area contributed by atoms with Gasteiger partial charge >= 0.3 is 0 Å². The van der Waals surface area contributed by atoms with Gasteiger partial charge < -0.3 is 10.4 Å². The van der Waals surface area contributed by atoms with Gasteiger partial charge in [-0.05, 0) is 18.9 Å². The van der Waals surface area contributed by atoms with Crippen LogP contribution in [0.25, 0.3) is 0 Å². The quantitative estimate of drug-likeness (QED) is 0.662. The van der Waals surface area contributed by atoms with Crippen LogP contribution >= 0.6 is 0 Å². The molecule has 0 spiro atoms. The summed E-state index contributed by atoms with van der Waals surface area (Å²) < 4.78 is 1.76. The first-order chi connectivity index (χ1) is 7.22. The fourth-order valence-electron chi connectivity index (χ4n) is 1.35. The van der Waals surface area contributed by atoms with Crippen LogP contribution in [0.4, 0.5) is 0 Å². The molecule has 1 aromatic rings. The molecule has 0 amide bonds. The highest BCUT2D eigenvalue weighted by Crippen LogP contribution is 1.99. The number of nitrogens with zero attached hydrogens (tertiary/aromatic N) is 2. The molecule has 0 atom stereocenters. The summed E-state index contributed by atoms with van der Waals surface area (Å²) in [6, 6.07) is 0. The lowest BCUT2D eigenvalue weighted by atomic mass is 10.1. The van der Waals surface area contributed by atoms with E-state index in [1.165, 1.54) is 12.0 Å². The van der Waals surface area contributed by atoms with Crippen LogP contribution in [-0.2, 0) is 13.1 Å². The molecule has 0 fully saturated rings. The Bertz CT molecular complexity index is 271. The van der Waals surface area contributed by atoms with Crippen LogP contribution in [-0.4, -0.2) is 28.0 Å². The fourth-order valence-corrected chi connectivity index (χ4v) is 1.35. The maximum absolute atomic E-state index is 8.73. The first-order valence-electron chi connectivity index (χ1n) is 5.55. The molecule has 2 N–H and O–H groups in total. The molecular weight excluding hydrogens is 190 g/mol. The predicted molar refractivity (Wildman–Crippen MR) is 60.5 cm³/mol. The lowest BCUT2D eigenvalue weighted by Crippen LogP contribution is -2.15. The molecule has 15 heavy (non-hydrogen) atoms. The van der Waals surface area contributed by atoms with Gasteiger partial charge in [0.05, 0.1) is 19.3 Å². The maximum Gasteiger partial charge on any atom is 0.0640 e. The van der Waals surface area contributed by atoms with E-state index < -0.39 is 0 Å². The summed E-state index contributed by atoms with van der Waals surface area (Å²) >= 11 is 0. The Balaban J connectivity index is 2.19. The molecule has 0 aromatic carbocycles. The van der Waals surface area contributed by atoms with Crippen LogP contribution in [0.5, 0.6) is 0 Å². The average molecular weight is 211 g/mol. The van der Waals surface area contributed by atoms with Crippen molar-refractivity contribution in [3.05, 3.63) is 18.0 Å². The zero-order valence-corrected chi connectivity index (χ0v) is 9.61. The number of aliphatic hydroxyl groups is 1. The van der Waals surface area contributed by atoms with Crippen molar-refractivity contribution in [2.24, 2.45) is 5.92 Å². The van der Waals surface area contributed by atoms with Gasteiger partial charge in [-0.2, -0.15) is 5.10 Å². The van der Waals surface area contributed by atoms with Gasteiger partial charge in [0.2, 0.25) is 0 Å². The molecule has 0 aliphatic heterocycles. The molecule has 4 heteroatoms. The molecule has 86 valence electrons. The summed E-state index contributed by atoms with van der Waals surface area (Å²) in [6.07, 6.45) is 5.02. The Kier molecular flexibility index (Phi) is 5.36. The van der Waals surface area contributed by atoms with Gasteiger partial charge in [0, 0.05) is 18.3 Å². The highest BCUT2D eigenvalue weighted by molar-refractivity contribution is 5.03. The van der Waals surface area contributed by atoms with Gasteiger partial charge in [-0.25, -0.2) is 0 Å². The minimum absolute atomic E-state index is 0.141. The van der Waals surface area contributed by atoms with Crippen LogP contribution in [0.15, 0.2) is 12.4 Å². The van der Waals surface area contributed by atoms with E-state index in [9.17, 15) is 0 Å². The van der Waals surface area contributed by atoms with Crippen molar-refractivity contribution in [3.8, 4) is 0 Å². The van der Waals surface area contributed by atoms with E-state index in [1.807, 2.05) is 12.4 Å². The second-order valence-electron chi connectivity index (χ2n) is 4.19. The van der Waals surface area contributed by atoms with Crippen molar-refractivity contribution in [3.63, 3.8) is 0 Å². The van der Waals surface area contributed by atoms with Gasteiger partial charge in [-0.1, -0.05) is 13.8 Å². The highest BCUT2D eigenvalue weighted by Gasteiger charge is 1.98. The van der Waals surface area contributed by atoms with Gasteiger partial charge in [-0.3, -0.25) is 4.68 Å². The standard InChI is InChI=1S/C11H21N3O/c1-10(2)3-4-12-7-11-8-13-14(9-11)5-6-15/h8-10,12,15H,3-7H2,1-2H3. The Morgan fingerprint density at radius 2 is 2.33 bits per heavy atom. The number of nitrogens with one attached hydrogen (secondary N) is 1. The van der Waals surface area contributed by atoms with Crippen LogP contribution in [0.2, 0.25) is 0 Å². The van der Waals surface area contributed by atoms with Gasteiger partial charge in [-0.15, -0.1) is 0 Å². The molecule has 1 rings (SSSR count). The number of hydrogen-bond donors (Lipinski definition) is 2. The second-order valence-corrected chi connectivity index (χ2v) is 4.19. The molecule has 1 aromatic heterocycles. The number of hydrogen-bond acceptors (Lipinski definition) is 3. The number of aromatic nitrogens is 2. The molecular formula is C11H21N3O. The number of aliphatic hydroxyl groups excluding tert-OH is 1. The molecule has 1 heterocycles. The van der Waals surface area contributed by atoms with E-state index in [0.717, 1.165) is 19.0 Å². The minimum Gasteiger partial charge on any atom is -0.394 e. The third-order valence-corrected chi connectivity index (χ3v) is 2.24. The number of rotatable bonds is 7. The first-order valence-corrected chi connectivity index (χ1v) is 5.55. The average Bonchev–Trinajstić information content (AvgIpc) is 2.61. The van der Waals surface area contributed by atoms with E-state index in [1.54, 1.807) is 4.68 Å². The monoisotopic (exact) mass is 211 g/mol. The Hall–Kier alpha value is -0.870. The van der Waals surface area contributed by atoms with Crippen molar-refractivity contribution in [2.75, 3.05) is 13.2 Å². The lowest BCUT2D eigenvalue weighted by Gasteiger charge is -2.05. The first kappa shape index (κ1) is 12.2. The SMILES string of the molecule is CC(C)CCNCc1cnn(CCO)c1. The van der Waals surface area contributed by atoms with E-state index in [-0.39, 0.29) is 6.61 Å². The van der Waals surface area contributed by atoms with Crippen molar-refractivity contribution >= 4 is 0 Å². The summed E-state index contributed by atoms with van der Waals surface area (Å²) in [6.45, 7) is 7.07. The zero-order chi connectivity index (χ0) is 11.1. The minimum atomic E-state index is 0.141. The highest BCUT2D eigenvalue weighted by atomic mass is 16.3. The van der Waals surface area contributed by atoms with Gasteiger partial charge in [0.15, 0.2) is 0 Å². The Labute approximate surface area is 91.3 Å². The Morgan fingerprint density at radius 3 is 3.00 bits per heavy atom. The van der Waals surface area contributed by atoms with Crippen molar-refractivity contribution < 1.29 is 5.11 Å². The normalized spacial score (nSPS) is 11.2. The maximum atomic E-state index is 8.73. The summed E-state index contributed by atoms with van der Waals surface area (Å²) in [5.74, 6) is 0.745. The lowest BCUT2D eigenvalue weighted by molar-refractivity contribution is 0.269. The van der Waals surface area contributed by atoms with Gasteiger partial charge in [0.25, 0.3) is 0 Å². The molecule has 0 saturated heterocycles. The largest absolute Gasteiger partial charge is 0.394 e. The van der Waals surface area contributed by atoms with E-state index in [0.29, 0.717) is 6.54 Å². The molecule has 4 nitrogen and oxygen atoms in total. The molecule has 0 unspecified atom stereocenters. The van der Waals surface area contributed by atoms with Crippen LogP contribution < -0.4 is 5.32 Å². The van der Waals surface area contributed by atoms with Crippen molar-refractivity contribution in [1.29, 1.82) is 0 Å². The molecule has 0 saturated carbocycles. The van der Waals surface area contributed by atoms with E-state index in [4.69, 9.17) is 5.11 Å². The third kappa shape index (κ3) is 4.95. The summed E-state index contributed by atoms with van der Waals surface area (Å²) in [7, 11) is 0. The summed E-state index contributed by atoms with van der Waals surface area (Å²) in [4.78, 5) is 0. The predicted octanol–water partition coefficient (Wildman–Crippen LogP) is 1.01. The third-order valence-electron chi connectivity index (χ3n) is 2.24. The molecule has 0 bridgehead atoms. The van der Waals surface area contributed by atoms with E-state index >= 15 is 0 Å².